The van der Waals surface area contributed by atoms with E-state index in [1.54, 1.807) is 25.1 Å². The average molecular weight is 358 g/mol. The highest BCUT2D eigenvalue weighted by Gasteiger charge is 2.12. The first-order chi connectivity index (χ1) is 10.4. The van der Waals surface area contributed by atoms with E-state index in [9.17, 15) is 14.7 Å². The Balaban J connectivity index is 1.94. The monoisotopic (exact) mass is 357 g/mol. The van der Waals surface area contributed by atoms with Crippen LogP contribution in [0.3, 0.4) is 0 Å². The SMILES string of the molecule is Cc1nc(CC(=O)NCc2ccc(Cl)c(Cl)c2)sc1C(=O)[O-]. The van der Waals surface area contributed by atoms with Crippen molar-refractivity contribution in [1.82, 2.24) is 10.3 Å². The number of carbonyl (C=O) groups is 2. The van der Waals surface area contributed by atoms with E-state index >= 15 is 0 Å². The number of rotatable bonds is 5. The van der Waals surface area contributed by atoms with Gasteiger partial charge in [0.15, 0.2) is 0 Å². The van der Waals surface area contributed by atoms with E-state index in [0.29, 0.717) is 27.3 Å². The number of aromatic carboxylic acids is 1. The minimum atomic E-state index is -1.28. The zero-order valence-corrected chi connectivity index (χ0v) is 13.8. The van der Waals surface area contributed by atoms with Crippen LogP contribution in [0.5, 0.6) is 0 Å². The Labute approximate surface area is 140 Å². The number of nitrogens with zero attached hydrogens (tertiary/aromatic N) is 1. The number of carbonyl (C=O) groups excluding carboxylic acids is 2. The van der Waals surface area contributed by atoms with Gasteiger partial charge in [-0.25, -0.2) is 4.98 Å². The summed E-state index contributed by atoms with van der Waals surface area (Å²) in [6, 6.07) is 5.09. The summed E-state index contributed by atoms with van der Waals surface area (Å²) in [5.41, 5.74) is 1.17. The standard InChI is InChI=1S/C14H12Cl2N2O3S/c1-7-13(14(20)21)22-12(18-7)5-11(19)17-6-8-2-3-9(15)10(16)4-8/h2-4H,5-6H2,1H3,(H,17,19)(H,20,21)/p-1. The van der Waals surface area contributed by atoms with Gasteiger partial charge in [-0.1, -0.05) is 29.3 Å². The van der Waals surface area contributed by atoms with Crippen molar-refractivity contribution in [3.63, 3.8) is 0 Å². The second kappa shape index (κ2) is 7.09. The fourth-order valence-corrected chi connectivity index (χ4v) is 2.99. The van der Waals surface area contributed by atoms with Crippen LogP contribution in [-0.2, 0) is 17.8 Å². The van der Waals surface area contributed by atoms with Crippen LogP contribution < -0.4 is 10.4 Å². The Morgan fingerprint density at radius 2 is 2.05 bits per heavy atom. The molecule has 1 amide bonds. The number of hydrogen-bond donors (Lipinski definition) is 1. The van der Waals surface area contributed by atoms with E-state index in [-0.39, 0.29) is 17.2 Å². The lowest BCUT2D eigenvalue weighted by atomic mass is 10.2. The van der Waals surface area contributed by atoms with Crippen molar-refractivity contribution in [2.45, 2.75) is 19.9 Å². The molecule has 5 nitrogen and oxygen atoms in total. The molecular formula is C14H11Cl2N2O3S-. The van der Waals surface area contributed by atoms with Crippen molar-refractivity contribution in [3.05, 3.63) is 49.4 Å². The summed E-state index contributed by atoms with van der Waals surface area (Å²) in [5.74, 6) is -1.54. The smallest absolute Gasteiger partial charge is 0.227 e. The van der Waals surface area contributed by atoms with Crippen molar-refractivity contribution >= 4 is 46.4 Å². The van der Waals surface area contributed by atoms with Gasteiger partial charge in [0, 0.05) is 6.54 Å². The molecular weight excluding hydrogens is 347 g/mol. The Morgan fingerprint density at radius 1 is 1.32 bits per heavy atom. The second-order valence-electron chi connectivity index (χ2n) is 4.51. The van der Waals surface area contributed by atoms with Gasteiger partial charge in [0.2, 0.25) is 5.91 Å². The lowest BCUT2D eigenvalue weighted by Gasteiger charge is -2.05. The third-order valence-electron chi connectivity index (χ3n) is 2.81. The molecule has 8 heteroatoms. The Bertz CT molecular complexity index is 731. The van der Waals surface area contributed by atoms with Gasteiger partial charge >= 0.3 is 0 Å². The van der Waals surface area contributed by atoms with Crippen molar-refractivity contribution in [3.8, 4) is 0 Å². The molecule has 0 spiro atoms. The van der Waals surface area contributed by atoms with E-state index in [2.05, 4.69) is 10.3 Å². The normalized spacial score (nSPS) is 10.5. The second-order valence-corrected chi connectivity index (χ2v) is 6.41. The molecule has 0 atom stereocenters. The predicted octanol–water partition coefficient (Wildman–Crippen LogP) is 1.98. The Hall–Kier alpha value is -1.63. The average Bonchev–Trinajstić information content (AvgIpc) is 2.81. The first-order valence-corrected chi connectivity index (χ1v) is 7.82. The van der Waals surface area contributed by atoms with Crippen molar-refractivity contribution < 1.29 is 14.7 Å². The van der Waals surface area contributed by atoms with Gasteiger partial charge in [0.1, 0.15) is 5.01 Å². The maximum atomic E-state index is 11.9. The highest BCUT2D eigenvalue weighted by Crippen LogP contribution is 2.22. The van der Waals surface area contributed by atoms with Gasteiger partial charge in [0.05, 0.1) is 33.0 Å². The molecule has 0 saturated heterocycles. The van der Waals surface area contributed by atoms with E-state index < -0.39 is 5.97 Å². The van der Waals surface area contributed by atoms with Crippen LogP contribution >= 0.6 is 34.5 Å². The van der Waals surface area contributed by atoms with Crippen molar-refractivity contribution in [1.29, 1.82) is 0 Å². The molecule has 0 aliphatic heterocycles. The number of amides is 1. The molecule has 1 aromatic carbocycles. The molecule has 116 valence electrons. The largest absolute Gasteiger partial charge is 0.544 e. The summed E-state index contributed by atoms with van der Waals surface area (Å²) in [5, 5.41) is 14.8. The van der Waals surface area contributed by atoms with Gasteiger partial charge in [0.25, 0.3) is 0 Å². The van der Waals surface area contributed by atoms with Crippen LogP contribution in [0, 0.1) is 6.92 Å². The number of benzene rings is 1. The summed E-state index contributed by atoms with van der Waals surface area (Å²) in [6.45, 7) is 1.87. The molecule has 1 heterocycles. The van der Waals surface area contributed by atoms with Crippen LogP contribution in [0.4, 0.5) is 0 Å². The molecule has 0 aliphatic rings. The first-order valence-electron chi connectivity index (χ1n) is 6.25. The van der Waals surface area contributed by atoms with Crippen molar-refractivity contribution in [2.24, 2.45) is 0 Å². The number of thiazole rings is 1. The molecule has 0 aliphatic carbocycles. The topological polar surface area (TPSA) is 82.1 Å². The molecule has 22 heavy (non-hydrogen) atoms. The van der Waals surface area contributed by atoms with Crippen LogP contribution in [0.1, 0.15) is 25.9 Å². The van der Waals surface area contributed by atoms with Gasteiger partial charge in [-0.15, -0.1) is 11.3 Å². The van der Waals surface area contributed by atoms with Gasteiger partial charge < -0.3 is 15.2 Å². The Morgan fingerprint density at radius 3 is 2.64 bits per heavy atom. The quantitative estimate of drug-likeness (QED) is 0.886. The van der Waals surface area contributed by atoms with E-state index in [1.165, 1.54) is 0 Å². The van der Waals surface area contributed by atoms with E-state index in [0.717, 1.165) is 16.9 Å². The number of aromatic nitrogens is 1. The number of aryl methyl sites for hydroxylation is 1. The van der Waals surface area contributed by atoms with Crippen LogP contribution in [0.25, 0.3) is 0 Å². The molecule has 0 radical (unpaired) electrons. The summed E-state index contributed by atoms with van der Waals surface area (Å²) >= 11 is 12.7. The van der Waals surface area contributed by atoms with Crippen LogP contribution in [-0.4, -0.2) is 16.9 Å². The number of carboxylic acid groups (broad SMARTS) is 1. The lowest BCUT2D eigenvalue weighted by Crippen LogP contribution is -2.24. The highest BCUT2D eigenvalue weighted by molar-refractivity contribution is 7.13. The summed E-state index contributed by atoms with van der Waals surface area (Å²) in [7, 11) is 0. The van der Waals surface area contributed by atoms with Crippen LogP contribution in [0.2, 0.25) is 10.0 Å². The molecule has 0 bridgehead atoms. The summed E-state index contributed by atoms with van der Waals surface area (Å²) in [6.07, 6.45) is 0.0140. The third kappa shape index (κ3) is 4.19. The molecule has 0 saturated carbocycles. The maximum absolute atomic E-state index is 11.9. The first kappa shape index (κ1) is 16.7. The van der Waals surface area contributed by atoms with E-state index in [4.69, 9.17) is 23.2 Å². The van der Waals surface area contributed by atoms with E-state index in [1.807, 2.05) is 0 Å². The van der Waals surface area contributed by atoms with Crippen LogP contribution in [0.15, 0.2) is 18.2 Å². The predicted molar refractivity (Wildman–Crippen MR) is 83.2 cm³/mol. The third-order valence-corrected chi connectivity index (χ3v) is 4.69. The fraction of sp³-hybridized carbons (Fsp3) is 0.214. The minimum absolute atomic E-state index is 0.0140. The number of halogens is 2. The number of nitrogens with one attached hydrogen (secondary N) is 1. The summed E-state index contributed by atoms with van der Waals surface area (Å²) in [4.78, 5) is 26.8. The fourth-order valence-electron chi connectivity index (χ4n) is 1.77. The molecule has 1 aromatic heterocycles. The van der Waals surface area contributed by atoms with Crippen molar-refractivity contribution in [2.75, 3.05) is 0 Å². The molecule has 0 unspecified atom stereocenters. The Kier molecular flexibility index (Phi) is 5.39. The van der Waals surface area contributed by atoms with Gasteiger partial charge in [-0.2, -0.15) is 0 Å². The maximum Gasteiger partial charge on any atom is 0.227 e. The molecule has 2 rings (SSSR count). The zero-order chi connectivity index (χ0) is 16.3. The number of hydrogen-bond acceptors (Lipinski definition) is 5. The van der Waals surface area contributed by atoms with Gasteiger partial charge in [-0.3, -0.25) is 4.79 Å². The van der Waals surface area contributed by atoms with Gasteiger partial charge in [-0.05, 0) is 24.6 Å². The number of carboxylic acids is 1. The molecule has 1 N–H and O–H groups in total. The zero-order valence-electron chi connectivity index (χ0n) is 11.5. The summed E-state index contributed by atoms with van der Waals surface area (Å²) < 4.78 is 0. The lowest BCUT2D eigenvalue weighted by molar-refractivity contribution is -0.254. The highest BCUT2D eigenvalue weighted by atomic mass is 35.5. The molecule has 0 fully saturated rings. The minimum Gasteiger partial charge on any atom is -0.544 e. The molecule has 2 aromatic rings.